The van der Waals surface area contributed by atoms with Gasteiger partial charge in [0.25, 0.3) is 0 Å². The summed E-state index contributed by atoms with van der Waals surface area (Å²) in [7, 11) is 0. The van der Waals surface area contributed by atoms with Crippen LogP contribution in [-0.2, 0) is 0 Å². The number of anilines is 4. The van der Waals surface area contributed by atoms with Crippen molar-refractivity contribution in [2.45, 2.75) is 13.8 Å². The minimum Gasteiger partial charge on any atom is -0.370 e. The Morgan fingerprint density at radius 1 is 0.679 bits per heavy atom. The molecule has 9 nitrogen and oxygen atoms in total. The predicted octanol–water partition coefficient (Wildman–Crippen LogP) is 2.82. The Hall–Kier alpha value is -3.75. The number of urea groups is 1. The van der Waals surface area contributed by atoms with Crippen molar-refractivity contribution in [1.82, 2.24) is 0 Å². The molecule has 2 aromatic rings. The Morgan fingerprint density at radius 3 is 1.25 bits per heavy atom. The molecule has 9 heteroatoms. The summed E-state index contributed by atoms with van der Waals surface area (Å²) in [5.74, 6) is 0.697. The number of nitrogens with one attached hydrogen (secondary N) is 4. The zero-order valence-corrected chi connectivity index (χ0v) is 16.0. The van der Waals surface area contributed by atoms with Crippen LogP contribution >= 0.6 is 0 Å². The molecular weight excluding hydrogens is 356 g/mol. The summed E-state index contributed by atoms with van der Waals surface area (Å²) < 4.78 is 0. The van der Waals surface area contributed by atoms with Crippen molar-refractivity contribution in [1.29, 1.82) is 0 Å². The average molecular weight is 382 g/mol. The fourth-order valence-corrected chi connectivity index (χ4v) is 2.28. The van der Waals surface area contributed by atoms with Crippen molar-refractivity contribution < 1.29 is 4.79 Å². The lowest BCUT2D eigenvalue weighted by molar-refractivity contribution is 0.262. The summed E-state index contributed by atoms with van der Waals surface area (Å²) in [6.45, 7) is 5.02. The first-order chi connectivity index (χ1) is 13.5. The third-order valence-electron chi connectivity index (χ3n) is 3.49. The normalized spacial score (nSPS) is 11.6. The molecule has 0 spiro atoms. The number of amides is 2. The minimum atomic E-state index is -0.347. The van der Waals surface area contributed by atoms with Crippen LogP contribution in [0.25, 0.3) is 0 Å². The van der Waals surface area contributed by atoms with Gasteiger partial charge >= 0.3 is 6.03 Å². The Balaban J connectivity index is 1.88. The van der Waals surface area contributed by atoms with Gasteiger partial charge in [-0.05, 0) is 62.4 Å². The highest BCUT2D eigenvalue weighted by Gasteiger charge is 2.04. The lowest BCUT2D eigenvalue weighted by Crippen LogP contribution is -2.23. The summed E-state index contributed by atoms with van der Waals surface area (Å²) in [6.07, 6.45) is 0. The van der Waals surface area contributed by atoms with Crippen LogP contribution in [0.5, 0.6) is 0 Å². The summed E-state index contributed by atoms with van der Waals surface area (Å²) in [6, 6.07) is 13.9. The molecule has 2 amide bonds. The first kappa shape index (κ1) is 20.6. The summed E-state index contributed by atoms with van der Waals surface area (Å²) in [4.78, 5) is 20.3. The highest BCUT2D eigenvalue weighted by molar-refractivity contribution is 6.00. The zero-order valence-electron chi connectivity index (χ0n) is 16.0. The molecule has 0 fully saturated rings. The zero-order chi connectivity index (χ0) is 20.4. The molecule has 0 heterocycles. The van der Waals surface area contributed by atoms with E-state index in [4.69, 9.17) is 11.5 Å². The van der Waals surface area contributed by atoms with E-state index >= 15 is 0 Å². The molecule has 0 aliphatic heterocycles. The monoisotopic (exact) mass is 382 g/mol. The lowest BCUT2D eigenvalue weighted by Gasteiger charge is -2.10. The summed E-state index contributed by atoms with van der Waals surface area (Å²) in [5.41, 5.74) is 14.3. The Bertz CT molecular complexity index is 759. The second kappa shape index (κ2) is 10.4. The maximum Gasteiger partial charge on any atom is 0.323 e. The van der Waals surface area contributed by atoms with Crippen molar-refractivity contribution in [2.24, 2.45) is 21.5 Å². The molecule has 0 saturated heterocycles. The predicted molar refractivity (Wildman–Crippen MR) is 117 cm³/mol. The van der Waals surface area contributed by atoms with Gasteiger partial charge in [-0.15, -0.1) is 0 Å². The van der Waals surface area contributed by atoms with Gasteiger partial charge in [0.15, 0.2) is 11.9 Å². The molecular formula is C19H26N8O. The molecule has 0 bridgehead atoms. The Labute approximate surface area is 164 Å². The van der Waals surface area contributed by atoms with E-state index < -0.39 is 0 Å². The van der Waals surface area contributed by atoms with Gasteiger partial charge in [-0.2, -0.15) is 0 Å². The SMILES string of the molecule is CCN=C(N)Nc1ccc(NC(=O)Nc2ccc(NC(N)=NCC)cc2)cc1. The molecule has 2 aromatic carbocycles. The number of nitrogens with two attached hydrogens (primary N) is 2. The number of rotatable bonds is 6. The Morgan fingerprint density at radius 2 is 0.964 bits per heavy atom. The van der Waals surface area contributed by atoms with Crippen LogP contribution in [0.4, 0.5) is 27.5 Å². The standard InChI is InChI=1S/C19H26N8O/c1-3-22-17(20)24-13-5-9-15(10-6-13)26-19(28)27-16-11-7-14(8-12-16)25-18(21)23-4-2/h5-12H,3-4H2,1-2H3,(H3,20,22,24)(H3,21,23,25)(H2,26,27,28). The molecule has 0 atom stereocenters. The second-order valence-electron chi connectivity index (χ2n) is 5.70. The molecule has 148 valence electrons. The van der Waals surface area contributed by atoms with Crippen LogP contribution < -0.4 is 32.7 Å². The first-order valence-corrected chi connectivity index (χ1v) is 8.92. The molecule has 8 N–H and O–H groups in total. The maximum absolute atomic E-state index is 12.1. The first-order valence-electron chi connectivity index (χ1n) is 8.92. The van der Waals surface area contributed by atoms with E-state index in [1.54, 1.807) is 48.5 Å². The second-order valence-corrected chi connectivity index (χ2v) is 5.70. The van der Waals surface area contributed by atoms with Gasteiger partial charge in [0.2, 0.25) is 0 Å². The molecule has 28 heavy (non-hydrogen) atoms. The number of nitrogens with zero attached hydrogens (tertiary/aromatic N) is 2. The van der Waals surface area contributed by atoms with Crippen molar-refractivity contribution in [3.8, 4) is 0 Å². The smallest absolute Gasteiger partial charge is 0.323 e. The topological polar surface area (TPSA) is 142 Å². The third kappa shape index (κ3) is 6.87. The van der Waals surface area contributed by atoms with E-state index in [-0.39, 0.29) is 6.03 Å². The van der Waals surface area contributed by atoms with Crippen molar-refractivity contribution >= 4 is 40.7 Å². The van der Waals surface area contributed by atoms with E-state index in [0.717, 1.165) is 11.4 Å². The number of guanidine groups is 2. The maximum atomic E-state index is 12.1. The molecule has 0 radical (unpaired) electrons. The van der Waals surface area contributed by atoms with E-state index in [2.05, 4.69) is 31.3 Å². The minimum absolute atomic E-state index is 0.347. The number of carbonyl (C=O) groups excluding carboxylic acids is 1. The highest BCUT2D eigenvalue weighted by Crippen LogP contribution is 2.16. The van der Waals surface area contributed by atoms with Gasteiger partial charge in [-0.1, -0.05) is 0 Å². The van der Waals surface area contributed by atoms with Gasteiger partial charge in [0, 0.05) is 35.8 Å². The molecule has 2 rings (SSSR count). The van der Waals surface area contributed by atoms with Crippen molar-refractivity contribution in [3.63, 3.8) is 0 Å². The average Bonchev–Trinajstić information content (AvgIpc) is 2.65. The fraction of sp³-hybridized carbons (Fsp3) is 0.211. The van der Waals surface area contributed by atoms with E-state index in [0.29, 0.717) is 36.4 Å². The van der Waals surface area contributed by atoms with Gasteiger partial charge < -0.3 is 32.7 Å². The van der Waals surface area contributed by atoms with Crippen LogP contribution in [0, 0.1) is 0 Å². The van der Waals surface area contributed by atoms with Gasteiger partial charge in [-0.3, -0.25) is 9.98 Å². The fourth-order valence-electron chi connectivity index (χ4n) is 2.28. The van der Waals surface area contributed by atoms with Gasteiger partial charge in [-0.25, -0.2) is 4.79 Å². The Kier molecular flexibility index (Phi) is 7.64. The number of aliphatic imine (C=N–C) groups is 2. The number of benzene rings is 2. The van der Waals surface area contributed by atoms with Gasteiger partial charge in [0.1, 0.15) is 0 Å². The van der Waals surface area contributed by atoms with Crippen molar-refractivity contribution in [2.75, 3.05) is 34.4 Å². The van der Waals surface area contributed by atoms with Crippen LogP contribution in [0.1, 0.15) is 13.8 Å². The molecule has 0 saturated carbocycles. The summed E-state index contributed by atoms with van der Waals surface area (Å²) >= 11 is 0. The van der Waals surface area contributed by atoms with E-state index in [1.165, 1.54) is 0 Å². The van der Waals surface area contributed by atoms with Crippen molar-refractivity contribution in [3.05, 3.63) is 48.5 Å². The molecule has 0 aromatic heterocycles. The third-order valence-corrected chi connectivity index (χ3v) is 3.49. The summed E-state index contributed by atoms with van der Waals surface area (Å²) in [5, 5.41) is 11.5. The van der Waals surface area contributed by atoms with E-state index in [9.17, 15) is 4.79 Å². The largest absolute Gasteiger partial charge is 0.370 e. The highest BCUT2D eigenvalue weighted by atomic mass is 16.2. The van der Waals surface area contributed by atoms with E-state index in [1.807, 2.05) is 13.8 Å². The van der Waals surface area contributed by atoms with Gasteiger partial charge in [0.05, 0.1) is 0 Å². The molecule has 0 aliphatic carbocycles. The molecule has 0 unspecified atom stereocenters. The number of hydrogen-bond acceptors (Lipinski definition) is 3. The lowest BCUT2D eigenvalue weighted by atomic mass is 10.2. The molecule has 0 aliphatic rings. The van der Waals surface area contributed by atoms with Crippen LogP contribution in [0.2, 0.25) is 0 Å². The quantitative estimate of drug-likeness (QED) is 0.336. The number of carbonyl (C=O) groups is 1. The number of hydrogen-bond donors (Lipinski definition) is 6. The van der Waals surface area contributed by atoms with Crippen LogP contribution in [-0.4, -0.2) is 31.0 Å². The van der Waals surface area contributed by atoms with Crippen LogP contribution in [0.3, 0.4) is 0 Å². The van der Waals surface area contributed by atoms with Crippen LogP contribution in [0.15, 0.2) is 58.5 Å².